The van der Waals surface area contributed by atoms with Crippen LogP contribution in [0.25, 0.3) is 38.8 Å². The molecular formula is C51H42N4OSi. The monoisotopic (exact) mass is 754 g/mol. The van der Waals surface area contributed by atoms with Gasteiger partial charge in [0.1, 0.15) is 5.82 Å². The second kappa shape index (κ2) is 13.8. The van der Waals surface area contributed by atoms with Crippen LogP contribution in [0.4, 0.5) is 17.1 Å². The number of rotatable bonds is 7. The Bertz CT molecular complexity index is 2850. The average Bonchev–Trinajstić information content (AvgIpc) is 3.82. The lowest BCUT2D eigenvalue weighted by atomic mass is 10.1. The Balaban J connectivity index is 1.24. The van der Waals surface area contributed by atoms with E-state index in [-0.39, 0.29) is 5.54 Å². The molecule has 0 spiro atoms. The molecule has 0 atom stereocenters. The average molecular weight is 755 g/mol. The molecular weight excluding hydrogens is 713 g/mol. The van der Waals surface area contributed by atoms with Crippen LogP contribution in [0.15, 0.2) is 200 Å². The lowest BCUT2D eigenvalue weighted by Crippen LogP contribution is -2.74. The Morgan fingerprint density at radius 3 is 1.79 bits per heavy atom. The quantitative estimate of drug-likeness (QED) is 0.120. The van der Waals surface area contributed by atoms with Gasteiger partial charge in [0, 0.05) is 17.0 Å². The zero-order chi connectivity index (χ0) is 38.6. The van der Waals surface area contributed by atoms with Gasteiger partial charge in [-0.05, 0) is 101 Å². The molecule has 0 radical (unpaired) electrons. The summed E-state index contributed by atoms with van der Waals surface area (Å²) in [6.07, 6.45) is 1.93. The van der Waals surface area contributed by atoms with Gasteiger partial charge >= 0.3 is 0 Å². The Morgan fingerprint density at radius 2 is 1.07 bits per heavy atom. The molecule has 0 fully saturated rings. The van der Waals surface area contributed by atoms with Crippen molar-refractivity contribution in [3.8, 4) is 16.9 Å². The molecule has 0 amide bonds. The van der Waals surface area contributed by atoms with E-state index in [1.807, 2.05) is 16.3 Å². The highest BCUT2D eigenvalue weighted by Crippen LogP contribution is 2.44. The van der Waals surface area contributed by atoms with Crippen molar-refractivity contribution in [2.24, 2.45) is 0 Å². The van der Waals surface area contributed by atoms with E-state index < -0.39 is 8.07 Å². The van der Waals surface area contributed by atoms with Gasteiger partial charge < -0.3 is 0 Å². The van der Waals surface area contributed by atoms with Gasteiger partial charge in [0.15, 0.2) is 8.07 Å². The van der Waals surface area contributed by atoms with Gasteiger partial charge in [-0.15, -0.1) is 4.94 Å². The zero-order valence-corrected chi connectivity index (χ0v) is 33.2. The van der Waals surface area contributed by atoms with Crippen LogP contribution >= 0.6 is 0 Å². The molecule has 5 nitrogen and oxygen atoms in total. The Kier molecular flexibility index (Phi) is 8.40. The molecule has 0 N–H and O–H groups in total. The normalized spacial score (nSPS) is 13.0. The fourth-order valence-electron chi connectivity index (χ4n) is 8.69. The molecule has 0 bridgehead atoms. The van der Waals surface area contributed by atoms with Gasteiger partial charge in [-0.3, -0.25) is 4.57 Å². The molecule has 6 heteroatoms. The third-order valence-electron chi connectivity index (χ3n) is 11.2. The Hall–Kier alpha value is -6.73. The molecule has 2 aromatic heterocycles. The van der Waals surface area contributed by atoms with Crippen LogP contribution in [0, 0.1) is 0 Å². The smallest absolute Gasteiger partial charge is 0.179 e. The summed E-state index contributed by atoms with van der Waals surface area (Å²) < 4.78 is 2.35. The minimum absolute atomic E-state index is 0.252. The molecule has 3 heterocycles. The summed E-state index contributed by atoms with van der Waals surface area (Å²) in [5, 5.41) is 11.6. The highest BCUT2D eigenvalue weighted by Gasteiger charge is 2.43. The summed E-state index contributed by atoms with van der Waals surface area (Å²) in [4.78, 5) is 11.8. The molecule has 57 heavy (non-hydrogen) atoms. The fourth-order valence-corrected chi connectivity index (χ4v) is 13.5. The molecule has 0 aliphatic carbocycles. The number of aromatic nitrogens is 2. The van der Waals surface area contributed by atoms with Crippen LogP contribution in [0.1, 0.15) is 20.8 Å². The maximum absolute atomic E-state index is 6.74. The van der Waals surface area contributed by atoms with E-state index in [9.17, 15) is 0 Å². The SMILES string of the molecule is CC(C)(C)N1ON(c2cccc([Si](c3ccccc3)(c3ccccc3)c3ccc4c5ccccc5n(-c5cc(-c6ccccc6)ccn5)c4c3)c2)c2ccccc21. The van der Waals surface area contributed by atoms with Crippen LogP contribution in [0.3, 0.4) is 0 Å². The predicted octanol–water partition coefficient (Wildman–Crippen LogP) is 9.83. The summed E-state index contributed by atoms with van der Waals surface area (Å²) in [5.74, 6) is 0.890. The van der Waals surface area contributed by atoms with Gasteiger partial charge in [-0.2, -0.15) is 5.06 Å². The zero-order valence-electron chi connectivity index (χ0n) is 32.2. The van der Waals surface area contributed by atoms with Crippen molar-refractivity contribution in [2.75, 3.05) is 10.1 Å². The third kappa shape index (κ3) is 5.76. The van der Waals surface area contributed by atoms with Crippen LogP contribution < -0.4 is 30.9 Å². The molecule has 7 aromatic carbocycles. The Labute approximate surface area is 334 Å². The maximum Gasteiger partial charge on any atom is 0.179 e. The maximum atomic E-state index is 6.74. The standard InChI is InChI=1S/C51H42N4OSi/c1-51(2,3)55-48-29-16-15-28-47(48)54(56-55)39-20-17-25-42(35-39)57(40-21-9-5-10-22-40,41-23-11-6-12-24-41)43-30-31-45-44-26-13-14-27-46(44)53(49(45)36-43)50-34-38(32-33-52-50)37-18-7-4-8-19-37/h4-36H,1-3H3. The van der Waals surface area contributed by atoms with E-state index in [1.165, 1.54) is 31.5 Å². The molecule has 1 aliphatic heterocycles. The van der Waals surface area contributed by atoms with Crippen molar-refractivity contribution < 1.29 is 4.94 Å². The number of pyridine rings is 1. The lowest BCUT2D eigenvalue weighted by Gasteiger charge is -2.35. The summed E-state index contributed by atoms with van der Waals surface area (Å²) in [6, 6.07) is 70.4. The fraction of sp³-hybridized carbons (Fsp3) is 0.0784. The van der Waals surface area contributed by atoms with Gasteiger partial charge in [0.05, 0.1) is 33.6 Å². The van der Waals surface area contributed by atoms with Crippen molar-refractivity contribution in [3.05, 3.63) is 200 Å². The van der Waals surface area contributed by atoms with Crippen LogP contribution in [0.5, 0.6) is 0 Å². The number of nitrogens with zero attached hydrogens (tertiary/aromatic N) is 4. The number of fused-ring (bicyclic) bond motifs is 4. The van der Waals surface area contributed by atoms with Crippen molar-refractivity contribution in [2.45, 2.75) is 26.3 Å². The molecule has 10 rings (SSSR count). The number of para-hydroxylation sites is 3. The minimum atomic E-state index is -3.01. The van der Waals surface area contributed by atoms with Gasteiger partial charge in [-0.25, -0.2) is 10.0 Å². The summed E-state index contributed by atoms with van der Waals surface area (Å²) in [5.41, 5.74) is 7.35. The number of benzene rings is 7. The molecule has 0 saturated carbocycles. The second-order valence-electron chi connectivity index (χ2n) is 15.7. The Morgan fingerprint density at radius 1 is 0.474 bits per heavy atom. The molecule has 1 aliphatic rings. The minimum Gasteiger partial charge on any atom is -0.294 e. The second-order valence-corrected chi connectivity index (χ2v) is 19.5. The lowest BCUT2D eigenvalue weighted by molar-refractivity contribution is 0.0843. The molecule has 0 saturated heterocycles. The van der Waals surface area contributed by atoms with E-state index in [1.54, 1.807) is 0 Å². The topological polar surface area (TPSA) is 33.5 Å². The van der Waals surface area contributed by atoms with Crippen LogP contribution in [-0.4, -0.2) is 23.2 Å². The van der Waals surface area contributed by atoms with Gasteiger partial charge in [0.25, 0.3) is 0 Å². The largest absolute Gasteiger partial charge is 0.294 e. The molecule has 0 unspecified atom stereocenters. The number of hydroxylamine groups is 1. The first kappa shape index (κ1) is 34.7. The van der Waals surface area contributed by atoms with E-state index in [0.29, 0.717) is 0 Å². The van der Waals surface area contributed by atoms with E-state index >= 15 is 0 Å². The summed E-state index contributed by atoms with van der Waals surface area (Å²) in [7, 11) is -3.01. The summed E-state index contributed by atoms with van der Waals surface area (Å²) in [6.45, 7) is 6.53. The predicted molar refractivity (Wildman–Crippen MR) is 240 cm³/mol. The first-order chi connectivity index (χ1) is 27.9. The van der Waals surface area contributed by atoms with Crippen LogP contribution in [0.2, 0.25) is 0 Å². The van der Waals surface area contributed by atoms with Crippen molar-refractivity contribution >= 4 is 67.7 Å². The molecule has 276 valence electrons. The first-order valence-electron chi connectivity index (χ1n) is 19.6. The van der Waals surface area contributed by atoms with E-state index in [2.05, 4.69) is 219 Å². The summed E-state index contributed by atoms with van der Waals surface area (Å²) >= 11 is 0. The number of hydrogen-bond acceptors (Lipinski definition) is 4. The number of hydrogen-bond donors (Lipinski definition) is 0. The first-order valence-corrected chi connectivity index (χ1v) is 21.6. The van der Waals surface area contributed by atoms with Crippen molar-refractivity contribution in [1.29, 1.82) is 0 Å². The van der Waals surface area contributed by atoms with Gasteiger partial charge in [0.2, 0.25) is 0 Å². The highest BCUT2D eigenvalue weighted by atomic mass is 28.3. The van der Waals surface area contributed by atoms with Crippen molar-refractivity contribution in [3.63, 3.8) is 0 Å². The van der Waals surface area contributed by atoms with E-state index in [4.69, 9.17) is 9.92 Å². The number of anilines is 3. The van der Waals surface area contributed by atoms with E-state index in [0.717, 1.165) is 45.0 Å². The van der Waals surface area contributed by atoms with Crippen LogP contribution in [-0.2, 0) is 4.94 Å². The van der Waals surface area contributed by atoms with Gasteiger partial charge in [-0.1, -0.05) is 146 Å². The van der Waals surface area contributed by atoms with Crippen molar-refractivity contribution in [1.82, 2.24) is 9.55 Å². The molecule has 9 aromatic rings. The third-order valence-corrected chi connectivity index (χ3v) is 16.0. The highest BCUT2D eigenvalue weighted by molar-refractivity contribution is 7.20.